The predicted molar refractivity (Wildman–Crippen MR) is 95.6 cm³/mol. The summed E-state index contributed by atoms with van der Waals surface area (Å²) in [5.74, 6) is -0.0601. The molecule has 2 unspecified atom stereocenters. The van der Waals surface area contributed by atoms with E-state index in [2.05, 4.69) is 16.7 Å². The van der Waals surface area contributed by atoms with Crippen LogP contribution in [0.15, 0.2) is 36.7 Å². The van der Waals surface area contributed by atoms with Gasteiger partial charge in [0.1, 0.15) is 0 Å². The summed E-state index contributed by atoms with van der Waals surface area (Å²) < 4.78 is 1.64. The fourth-order valence-corrected chi connectivity index (χ4v) is 4.02. The van der Waals surface area contributed by atoms with E-state index >= 15 is 0 Å². The Morgan fingerprint density at radius 2 is 2.22 bits per heavy atom. The van der Waals surface area contributed by atoms with Crippen molar-refractivity contribution in [1.29, 1.82) is 0 Å². The van der Waals surface area contributed by atoms with Crippen molar-refractivity contribution in [1.82, 2.24) is 15.1 Å². The smallest absolute Gasteiger partial charge is 0.254 e. The predicted octanol–water partition coefficient (Wildman–Crippen LogP) is 3.93. The van der Waals surface area contributed by atoms with Gasteiger partial charge in [0.05, 0.1) is 22.5 Å². The maximum absolute atomic E-state index is 12.4. The maximum Gasteiger partial charge on any atom is 0.254 e. The van der Waals surface area contributed by atoms with E-state index in [-0.39, 0.29) is 11.9 Å². The summed E-state index contributed by atoms with van der Waals surface area (Å²) >= 11 is 8.06. The van der Waals surface area contributed by atoms with Crippen LogP contribution in [0.25, 0.3) is 5.69 Å². The van der Waals surface area contributed by atoms with E-state index < -0.39 is 0 Å². The van der Waals surface area contributed by atoms with Crippen LogP contribution >= 0.6 is 23.4 Å². The largest absolute Gasteiger partial charge is 0.349 e. The van der Waals surface area contributed by atoms with Crippen molar-refractivity contribution in [3.8, 4) is 5.69 Å². The van der Waals surface area contributed by atoms with E-state index in [4.69, 9.17) is 11.6 Å². The molecule has 1 amide bonds. The highest BCUT2D eigenvalue weighted by atomic mass is 35.5. The number of amides is 1. The summed E-state index contributed by atoms with van der Waals surface area (Å²) in [6.07, 6.45) is 9.99. The minimum absolute atomic E-state index is 0.0601. The van der Waals surface area contributed by atoms with Gasteiger partial charge >= 0.3 is 0 Å². The van der Waals surface area contributed by atoms with Gasteiger partial charge in [0.25, 0.3) is 5.91 Å². The number of thioether (sulfide) groups is 1. The topological polar surface area (TPSA) is 46.9 Å². The molecule has 0 saturated heterocycles. The minimum Gasteiger partial charge on any atom is -0.349 e. The van der Waals surface area contributed by atoms with E-state index in [1.165, 1.54) is 12.8 Å². The lowest BCUT2D eigenvalue weighted by molar-refractivity contribution is 0.0928. The molecule has 6 heteroatoms. The molecule has 2 aromatic rings. The van der Waals surface area contributed by atoms with Gasteiger partial charge in [-0.2, -0.15) is 16.9 Å². The Labute approximate surface area is 145 Å². The summed E-state index contributed by atoms with van der Waals surface area (Å²) in [7, 11) is 0. The van der Waals surface area contributed by atoms with Crippen molar-refractivity contribution in [3.63, 3.8) is 0 Å². The standard InChI is InChI=1S/C17H20ClN3OS/c1-23-14-6-4-5-13(9-14)20-17(22)12-10-19-21(11-12)16-8-3-2-7-15(16)18/h2-3,7-8,10-11,13-14H,4-6,9H2,1H3,(H,20,22). The molecule has 2 atom stereocenters. The SMILES string of the molecule is CSC1CCCC(NC(=O)c2cnn(-c3ccccc3Cl)c2)C1. The molecule has 1 aliphatic rings. The van der Waals surface area contributed by atoms with Crippen molar-refractivity contribution >= 4 is 29.3 Å². The summed E-state index contributed by atoms with van der Waals surface area (Å²) in [4.78, 5) is 12.4. The van der Waals surface area contributed by atoms with Gasteiger partial charge in [0.15, 0.2) is 0 Å². The van der Waals surface area contributed by atoms with Gasteiger partial charge in [-0.3, -0.25) is 4.79 Å². The van der Waals surface area contributed by atoms with Crippen LogP contribution in [-0.2, 0) is 0 Å². The van der Waals surface area contributed by atoms with Crippen LogP contribution in [0.3, 0.4) is 0 Å². The Kier molecular flexibility index (Phi) is 5.28. The van der Waals surface area contributed by atoms with Crippen LogP contribution in [-0.4, -0.2) is 33.2 Å². The van der Waals surface area contributed by atoms with Gasteiger partial charge in [-0.1, -0.05) is 30.2 Å². The van der Waals surface area contributed by atoms with E-state index in [9.17, 15) is 4.79 Å². The molecule has 0 spiro atoms. The first-order valence-corrected chi connectivity index (χ1v) is 9.47. The number of rotatable bonds is 4. The number of halogens is 1. The van der Waals surface area contributed by atoms with Crippen LogP contribution in [0.4, 0.5) is 0 Å². The number of para-hydroxylation sites is 1. The van der Waals surface area contributed by atoms with Gasteiger partial charge in [0, 0.05) is 17.5 Å². The van der Waals surface area contributed by atoms with Crippen LogP contribution in [0, 0.1) is 0 Å². The van der Waals surface area contributed by atoms with Gasteiger partial charge in [0.2, 0.25) is 0 Å². The second kappa shape index (κ2) is 7.41. The zero-order valence-electron chi connectivity index (χ0n) is 13.0. The summed E-state index contributed by atoms with van der Waals surface area (Å²) in [5, 5.41) is 8.66. The molecule has 1 heterocycles. The lowest BCUT2D eigenvalue weighted by atomic mass is 9.95. The summed E-state index contributed by atoms with van der Waals surface area (Å²) in [5.41, 5.74) is 1.34. The zero-order valence-corrected chi connectivity index (χ0v) is 14.6. The number of hydrogen-bond donors (Lipinski definition) is 1. The Morgan fingerprint density at radius 1 is 1.39 bits per heavy atom. The molecule has 0 bridgehead atoms. The molecule has 1 aliphatic carbocycles. The second-order valence-electron chi connectivity index (χ2n) is 5.82. The molecule has 1 fully saturated rings. The van der Waals surface area contributed by atoms with E-state index in [1.807, 2.05) is 36.0 Å². The Balaban J connectivity index is 1.68. The van der Waals surface area contributed by atoms with Gasteiger partial charge in [-0.05, 0) is 37.7 Å². The van der Waals surface area contributed by atoms with E-state index in [0.29, 0.717) is 15.8 Å². The van der Waals surface area contributed by atoms with E-state index in [1.54, 1.807) is 17.1 Å². The lowest BCUT2D eigenvalue weighted by Crippen LogP contribution is -2.39. The van der Waals surface area contributed by atoms with Crippen LogP contribution in [0.1, 0.15) is 36.0 Å². The molecule has 23 heavy (non-hydrogen) atoms. The average molecular weight is 350 g/mol. The third-order valence-electron chi connectivity index (χ3n) is 4.24. The third-order valence-corrected chi connectivity index (χ3v) is 5.65. The zero-order chi connectivity index (χ0) is 16.2. The van der Waals surface area contributed by atoms with Crippen molar-refractivity contribution in [2.24, 2.45) is 0 Å². The van der Waals surface area contributed by atoms with Crippen LogP contribution in [0.2, 0.25) is 5.02 Å². The van der Waals surface area contributed by atoms with Gasteiger partial charge in [-0.15, -0.1) is 0 Å². The monoisotopic (exact) mass is 349 g/mol. The number of nitrogens with one attached hydrogen (secondary N) is 1. The van der Waals surface area contributed by atoms with Gasteiger partial charge < -0.3 is 5.32 Å². The summed E-state index contributed by atoms with van der Waals surface area (Å²) in [6.45, 7) is 0. The highest BCUT2D eigenvalue weighted by Gasteiger charge is 2.23. The Morgan fingerprint density at radius 3 is 3.00 bits per heavy atom. The molecule has 3 rings (SSSR count). The first-order chi connectivity index (χ1) is 11.2. The quantitative estimate of drug-likeness (QED) is 0.909. The number of benzene rings is 1. The van der Waals surface area contributed by atoms with Gasteiger partial charge in [-0.25, -0.2) is 4.68 Å². The molecular weight excluding hydrogens is 330 g/mol. The first kappa shape index (κ1) is 16.4. The van der Waals surface area contributed by atoms with Crippen molar-refractivity contribution in [3.05, 3.63) is 47.2 Å². The average Bonchev–Trinajstić information content (AvgIpc) is 3.05. The minimum atomic E-state index is -0.0601. The number of carbonyl (C=O) groups excluding carboxylic acids is 1. The maximum atomic E-state index is 12.4. The Hall–Kier alpha value is -1.46. The summed E-state index contributed by atoms with van der Waals surface area (Å²) in [6, 6.07) is 7.71. The fourth-order valence-electron chi connectivity index (χ4n) is 2.97. The van der Waals surface area contributed by atoms with Crippen molar-refractivity contribution in [2.45, 2.75) is 37.0 Å². The fraction of sp³-hybridized carbons (Fsp3) is 0.412. The van der Waals surface area contributed by atoms with Crippen molar-refractivity contribution in [2.75, 3.05) is 6.26 Å². The molecular formula is C17H20ClN3OS. The molecule has 1 aromatic heterocycles. The Bertz CT molecular complexity index is 688. The van der Waals surface area contributed by atoms with Crippen molar-refractivity contribution < 1.29 is 4.79 Å². The molecule has 1 N–H and O–H groups in total. The number of hydrogen-bond acceptors (Lipinski definition) is 3. The molecule has 122 valence electrons. The molecule has 0 radical (unpaired) electrons. The van der Waals surface area contributed by atoms with Crippen LogP contribution in [0.5, 0.6) is 0 Å². The molecule has 1 aromatic carbocycles. The number of aromatic nitrogens is 2. The molecule has 1 saturated carbocycles. The van der Waals surface area contributed by atoms with Crippen LogP contribution < -0.4 is 5.32 Å². The van der Waals surface area contributed by atoms with E-state index in [0.717, 1.165) is 18.5 Å². The normalized spacial score (nSPS) is 21.1. The highest BCUT2D eigenvalue weighted by Crippen LogP contribution is 2.27. The lowest BCUT2D eigenvalue weighted by Gasteiger charge is -2.28. The number of carbonyl (C=O) groups is 1. The first-order valence-electron chi connectivity index (χ1n) is 7.80. The second-order valence-corrected chi connectivity index (χ2v) is 7.36. The highest BCUT2D eigenvalue weighted by molar-refractivity contribution is 7.99. The third kappa shape index (κ3) is 3.90. The molecule has 4 nitrogen and oxygen atoms in total. The molecule has 0 aliphatic heterocycles. The number of nitrogens with zero attached hydrogens (tertiary/aromatic N) is 2.